The smallest absolute Gasteiger partial charge is 0.217 e. The lowest BCUT2D eigenvalue weighted by molar-refractivity contribution is 0.386. The standard InChI is InChI=1S/C16H20N2O2/c1-12(14-8-4-5-9-15(14)19-2)18-11-13-7-6-10-17-16(13)20-3/h4-10,12,18H,11H2,1-3H3. The summed E-state index contributed by atoms with van der Waals surface area (Å²) in [4.78, 5) is 4.19. The zero-order chi connectivity index (χ0) is 14.4. The highest BCUT2D eigenvalue weighted by Crippen LogP contribution is 2.25. The summed E-state index contributed by atoms with van der Waals surface area (Å²) < 4.78 is 10.6. The molecular formula is C16H20N2O2. The van der Waals surface area contributed by atoms with Crippen molar-refractivity contribution >= 4 is 0 Å². The van der Waals surface area contributed by atoms with E-state index >= 15 is 0 Å². The Morgan fingerprint density at radius 3 is 2.65 bits per heavy atom. The second-order valence-corrected chi connectivity index (χ2v) is 4.52. The average molecular weight is 272 g/mol. The maximum Gasteiger partial charge on any atom is 0.217 e. The summed E-state index contributed by atoms with van der Waals surface area (Å²) in [5.41, 5.74) is 2.18. The van der Waals surface area contributed by atoms with Crippen molar-refractivity contribution in [3.8, 4) is 11.6 Å². The van der Waals surface area contributed by atoms with Gasteiger partial charge in [0, 0.05) is 29.9 Å². The van der Waals surface area contributed by atoms with Crippen molar-refractivity contribution in [1.82, 2.24) is 10.3 Å². The normalized spacial score (nSPS) is 11.9. The van der Waals surface area contributed by atoms with E-state index in [1.165, 1.54) is 0 Å². The Morgan fingerprint density at radius 2 is 1.90 bits per heavy atom. The van der Waals surface area contributed by atoms with Crippen molar-refractivity contribution in [2.45, 2.75) is 19.5 Å². The number of nitrogens with zero attached hydrogens (tertiary/aromatic N) is 1. The number of rotatable bonds is 6. The molecule has 1 heterocycles. The maximum absolute atomic E-state index is 5.39. The third-order valence-corrected chi connectivity index (χ3v) is 3.25. The second kappa shape index (κ2) is 6.91. The molecule has 1 N–H and O–H groups in total. The zero-order valence-corrected chi connectivity index (χ0v) is 12.1. The van der Waals surface area contributed by atoms with E-state index in [1.807, 2.05) is 30.3 Å². The van der Waals surface area contributed by atoms with Gasteiger partial charge in [0.15, 0.2) is 0 Å². The van der Waals surface area contributed by atoms with Crippen LogP contribution in [0, 0.1) is 0 Å². The van der Waals surface area contributed by atoms with Gasteiger partial charge in [0.05, 0.1) is 14.2 Å². The molecule has 2 aromatic rings. The molecule has 1 aromatic carbocycles. The highest BCUT2D eigenvalue weighted by molar-refractivity contribution is 5.35. The fourth-order valence-electron chi connectivity index (χ4n) is 2.14. The van der Waals surface area contributed by atoms with E-state index in [2.05, 4.69) is 23.3 Å². The number of benzene rings is 1. The molecule has 1 atom stereocenters. The van der Waals surface area contributed by atoms with E-state index in [4.69, 9.17) is 9.47 Å². The van der Waals surface area contributed by atoms with E-state index in [0.29, 0.717) is 12.4 Å². The van der Waals surface area contributed by atoms with Crippen LogP contribution in [0.15, 0.2) is 42.6 Å². The van der Waals surface area contributed by atoms with Crippen molar-refractivity contribution in [1.29, 1.82) is 0 Å². The molecule has 0 saturated heterocycles. The molecule has 0 amide bonds. The molecule has 0 aliphatic rings. The Morgan fingerprint density at radius 1 is 1.10 bits per heavy atom. The van der Waals surface area contributed by atoms with Crippen LogP contribution in [0.4, 0.5) is 0 Å². The molecular weight excluding hydrogens is 252 g/mol. The molecule has 0 bridgehead atoms. The third kappa shape index (κ3) is 3.27. The predicted octanol–water partition coefficient (Wildman–Crippen LogP) is 2.95. The molecule has 4 heteroatoms. The molecule has 0 spiro atoms. The highest BCUT2D eigenvalue weighted by Gasteiger charge is 2.11. The monoisotopic (exact) mass is 272 g/mol. The molecule has 0 aliphatic heterocycles. The van der Waals surface area contributed by atoms with Crippen molar-refractivity contribution in [2.75, 3.05) is 14.2 Å². The van der Waals surface area contributed by atoms with Gasteiger partial charge in [-0.1, -0.05) is 24.3 Å². The Labute approximate surface area is 119 Å². The average Bonchev–Trinajstić information content (AvgIpc) is 2.52. The Bertz CT molecular complexity index is 558. The molecule has 106 valence electrons. The predicted molar refractivity (Wildman–Crippen MR) is 79.0 cm³/mol. The second-order valence-electron chi connectivity index (χ2n) is 4.52. The number of hydrogen-bond donors (Lipinski definition) is 1. The number of methoxy groups -OCH3 is 2. The summed E-state index contributed by atoms with van der Waals surface area (Å²) in [6, 6.07) is 12.1. The number of nitrogens with one attached hydrogen (secondary N) is 1. The first-order valence-electron chi connectivity index (χ1n) is 6.60. The van der Waals surface area contributed by atoms with Gasteiger partial charge < -0.3 is 14.8 Å². The minimum absolute atomic E-state index is 0.177. The number of ether oxygens (including phenoxy) is 2. The van der Waals surface area contributed by atoms with Gasteiger partial charge in [-0.3, -0.25) is 0 Å². The number of pyridine rings is 1. The van der Waals surface area contributed by atoms with Gasteiger partial charge in [-0.25, -0.2) is 4.98 Å². The molecule has 2 rings (SSSR count). The first kappa shape index (κ1) is 14.3. The third-order valence-electron chi connectivity index (χ3n) is 3.25. The van der Waals surface area contributed by atoms with E-state index in [-0.39, 0.29) is 6.04 Å². The van der Waals surface area contributed by atoms with E-state index in [0.717, 1.165) is 16.9 Å². The fraction of sp³-hybridized carbons (Fsp3) is 0.312. The summed E-state index contributed by atoms with van der Waals surface area (Å²) in [5.74, 6) is 1.55. The SMILES string of the molecule is COc1ccccc1C(C)NCc1cccnc1OC. The van der Waals surface area contributed by atoms with Crippen molar-refractivity contribution in [3.05, 3.63) is 53.7 Å². The highest BCUT2D eigenvalue weighted by atomic mass is 16.5. The topological polar surface area (TPSA) is 43.4 Å². The van der Waals surface area contributed by atoms with Gasteiger partial charge >= 0.3 is 0 Å². The van der Waals surface area contributed by atoms with Crippen LogP contribution >= 0.6 is 0 Å². The Hall–Kier alpha value is -2.07. The minimum atomic E-state index is 0.177. The summed E-state index contributed by atoms with van der Waals surface area (Å²) in [6.07, 6.45) is 1.73. The van der Waals surface area contributed by atoms with Crippen LogP contribution in [0.1, 0.15) is 24.1 Å². The number of hydrogen-bond acceptors (Lipinski definition) is 4. The van der Waals surface area contributed by atoms with E-state index in [9.17, 15) is 0 Å². The first-order chi connectivity index (χ1) is 9.76. The summed E-state index contributed by atoms with van der Waals surface area (Å²) in [6.45, 7) is 2.80. The Balaban J connectivity index is 2.07. The van der Waals surface area contributed by atoms with Gasteiger partial charge in [-0.2, -0.15) is 0 Å². The summed E-state index contributed by atoms with van der Waals surface area (Å²) >= 11 is 0. The van der Waals surface area contributed by atoms with Crippen LogP contribution in [0.25, 0.3) is 0 Å². The summed E-state index contributed by atoms with van der Waals surface area (Å²) in [7, 11) is 3.32. The van der Waals surface area contributed by atoms with Gasteiger partial charge in [-0.15, -0.1) is 0 Å². The maximum atomic E-state index is 5.39. The zero-order valence-electron chi connectivity index (χ0n) is 12.1. The van der Waals surface area contributed by atoms with Crippen LogP contribution in [0.2, 0.25) is 0 Å². The van der Waals surface area contributed by atoms with Gasteiger partial charge in [0.2, 0.25) is 5.88 Å². The van der Waals surface area contributed by atoms with E-state index in [1.54, 1.807) is 20.4 Å². The largest absolute Gasteiger partial charge is 0.496 e. The minimum Gasteiger partial charge on any atom is -0.496 e. The number of aromatic nitrogens is 1. The molecule has 0 saturated carbocycles. The molecule has 1 aromatic heterocycles. The lowest BCUT2D eigenvalue weighted by atomic mass is 10.1. The quantitative estimate of drug-likeness (QED) is 0.878. The number of para-hydroxylation sites is 1. The molecule has 0 radical (unpaired) electrons. The van der Waals surface area contributed by atoms with Gasteiger partial charge in [-0.05, 0) is 19.1 Å². The summed E-state index contributed by atoms with van der Waals surface area (Å²) in [5, 5.41) is 3.46. The molecule has 0 fully saturated rings. The molecule has 4 nitrogen and oxygen atoms in total. The lowest BCUT2D eigenvalue weighted by Gasteiger charge is -2.17. The molecule has 0 aliphatic carbocycles. The van der Waals surface area contributed by atoms with Gasteiger partial charge in [0.1, 0.15) is 5.75 Å². The van der Waals surface area contributed by atoms with Crippen molar-refractivity contribution in [2.24, 2.45) is 0 Å². The van der Waals surface area contributed by atoms with Crippen LogP contribution < -0.4 is 14.8 Å². The van der Waals surface area contributed by atoms with Crippen molar-refractivity contribution in [3.63, 3.8) is 0 Å². The van der Waals surface area contributed by atoms with Crippen LogP contribution in [0.5, 0.6) is 11.6 Å². The molecule has 1 unspecified atom stereocenters. The van der Waals surface area contributed by atoms with E-state index < -0.39 is 0 Å². The van der Waals surface area contributed by atoms with Crippen molar-refractivity contribution < 1.29 is 9.47 Å². The molecule has 20 heavy (non-hydrogen) atoms. The van der Waals surface area contributed by atoms with Crippen LogP contribution in [-0.4, -0.2) is 19.2 Å². The van der Waals surface area contributed by atoms with Gasteiger partial charge in [0.25, 0.3) is 0 Å². The van der Waals surface area contributed by atoms with Crippen LogP contribution in [0.3, 0.4) is 0 Å². The first-order valence-corrected chi connectivity index (χ1v) is 6.60. The lowest BCUT2D eigenvalue weighted by Crippen LogP contribution is -2.19. The van der Waals surface area contributed by atoms with Crippen LogP contribution in [-0.2, 0) is 6.54 Å². The fourth-order valence-corrected chi connectivity index (χ4v) is 2.14. The Kier molecular flexibility index (Phi) is 4.96.